The molecule has 3 nitrogen and oxygen atoms in total. The molecular weight excluding hydrogens is 214 g/mol. The summed E-state index contributed by atoms with van der Waals surface area (Å²) in [7, 11) is 0. The van der Waals surface area contributed by atoms with E-state index in [1.807, 2.05) is 24.3 Å². The van der Waals surface area contributed by atoms with E-state index < -0.39 is 0 Å². The summed E-state index contributed by atoms with van der Waals surface area (Å²) in [5, 5.41) is 0. The number of esters is 1. The third-order valence-corrected chi connectivity index (χ3v) is 2.18. The van der Waals surface area contributed by atoms with E-state index in [1.54, 1.807) is 6.92 Å². The summed E-state index contributed by atoms with van der Waals surface area (Å²) in [5.41, 5.74) is 1.90. The molecule has 0 bridgehead atoms. The molecule has 0 unspecified atom stereocenters. The number of hydrogen-bond acceptors (Lipinski definition) is 3. The molecule has 0 fully saturated rings. The fourth-order valence-electron chi connectivity index (χ4n) is 1.27. The van der Waals surface area contributed by atoms with Crippen LogP contribution in [0.15, 0.2) is 24.3 Å². The fraction of sp³-hybridized carbons (Fsp3) is 0.364. The van der Waals surface area contributed by atoms with Gasteiger partial charge < -0.3 is 4.74 Å². The summed E-state index contributed by atoms with van der Waals surface area (Å²) in [5.74, 6) is -0.165. The first-order chi connectivity index (χ1) is 7.26. The van der Waals surface area contributed by atoms with Gasteiger partial charge >= 0.3 is 5.97 Å². The van der Waals surface area contributed by atoms with Crippen molar-refractivity contribution in [1.29, 1.82) is 0 Å². The highest BCUT2D eigenvalue weighted by Gasteiger charge is 2.02. The van der Waals surface area contributed by atoms with Gasteiger partial charge in [-0.05, 0) is 31.0 Å². The Morgan fingerprint density at radius 1 is 1.53 bits per heavy atom. The minimum atomic E-state index is -0.165. The first kappa shape index (κ1) is 11.9. The summed E-state index contributed by atoms with van der Waals surface area (Å²) in [6.45, 7) is 2.23. The molecule has 0 aliphatic rings. The lowest BCUT2D eigenvalue weighted by atomic mass is 10.1. The van der Waals surface area contributed by atoms with Crippen LogP contribution in [0.25, 0.3) is 0 Å². The zero-order chi connectivity index (χ0) is 11.1. The molecule has 0 aliphatic carbocycles. The van der Waals surface area contributed by atoms with Crippen LogP contribution >= 0.6 is 11.8 Å². The third-order valence-electron chi connectivity index (χ3n) is 1.96. The maximum atomic E-state index is 11.1. The number of hydrogen-bond donors (Lipinski definition) is 1. The molecule has 1 rings (SSSR count). The van der Waals surface area contributed by atoms with Crippen molar-refractivity contribution in [3.63, 3.8) is 0 Å². The average molecular weight is 228 g/mol. The van der Waals surface area contributed by atoms with Gasteiger partial charge in [-0.15, -0.1) is 0 Å². The van der Waals surface area contributed by atoms with Crippen LogP contribution in [0, 0.1) is 0 Å². The molecular formula is C11H14ClNO2. The number of rotatable bonds is 5. The molecule has 0 aliphatic heterocycles. The van der Waals surface area contributed by atoms with E-state index >= 15 is 0 Å². The summed E-state index contributed by atoms with van der Waals surface area (Å²) in [6.07, 6.45) is 1.07. The third kappa shape index (κ3) is 4.21. The molecule has 4 heteroatoms. The average Bonchev–Trinajstić information content (AvgIpc) is 2.27. The molecule has 0 atom stereocenters. The Kier molecular flexibility index (Phi) is 4.98. The second-order valence-electron chi connectivity index (χ2n) is 3.10. The Morgan fingerprint density at radius 2 is 2.33 bits per heavy atom. The summed E-state index contributed by atoms with van der Waals surface area (Å²) >= 11 is 5.47. The largest absolute Gasteiger partial charge is 0.466 e. The van der Waals surface area contributed by atoms with Crippen molar-refractivity contribution in [2.45, 2.75) is 19.8 Å². The van der Waals surface area contributed by atoms with E-state index in [0.29, 0.717) is 19.4 Å². The fourth-order valence-corrected chi connectivity index (χ4v) is 1.38. The van der Waals surface area contributed by atoms with E-state index in [2.05, 4.69) is 4.84 Å². The number of ether oxygens (including phenoxy) is 1. The number of aryl methyl sites for hydroxylation is 1. The van der Waals surface area contributed by atoms with Gasteiger partial charge in [0, 0.05) is 23.9 Å². The molecule has 0 heterocycles. The van der Waals surface area contributed by atoms with Gasteiger partial charge in [-0.2, -0.15) is 0 Å². The Balaban J connectivity index is 2.46. The Hall–Kier alpha value is -1.22. The monoisotopic (exact) mass is 227 g/mol. The Bertz CT molecular complexity index is 328. The quantitative estimate of drug-likeness (QED) is 0.621. The van der Waals surface area contributed by atoms with Crippen LogP contribution in [0.3, 0.4) is 0 Å². The molecule has 0 spiro atoms. The van der Waals surface area contributed by atoms with Crippen LogP contribution in [0.2, 0.25) is 0 Å². The molecule has 0 radical (unpaired) electrons. The molecule has 1 N–H and O–H groups in total. The van der Waals surface area contributed by atoms with Gasteiger partial charge in [-0.3, -0.25) is 9.63 Å². The number of carbonyl (C=O) groups excluding carboxylic acids is 1. The van der Waals surface area contributed by atoms with Crippen LogP contribution in [-0.4, -0.2) is 12.6 Å². The molecule has 1 aromatic rings. The molecule has 15 heavy (non-hydrogen) atoms. The first-order valence-electron chi connectivity index (χ1n) is 4.87. The molecule has 0 saturated carbocycles. The van der Waals surface area contributed by atoms with E-state index in [9.17, 15) is 4.79 Å². The zero-order valence-corrected chi connectivity index (χ0v) is 9.38. The topological polar surface area (TPSA) is 38.3 Å². The van der Waals surface area contributed by atoms with Crippen LogP contribution in [0.1, 0.15) is 18.9 Å². The van der Waals surface area contributed by atoms with Gasteiger partial charge in [0.1, 0.15) is 0 Å². The number of halogens is 1. The van der Waals surface area contributed by atoms with Crippen LogP contribution in [-0.2, 0) is 16.0 Å². The van der Waals surface area contributed by atoms with Crippen molar-refractivity contribution in [1.82, 2.24) is 0 Å². The smallest absolute Gasteiger partial charge is 0.306 e. The van der Waals surface area contributed by atoms with Gasteiger partial charge in [0.25, 0.3) is 0 Å². The molecule has 0 saturated heterocycles. The van der Waals surface area contributed by atoms with Crippen LogP contribution < -0.4 is 4.84 Å². The van der Waals surface area contributed by atoms with Crippen molar-refractivity contribution in [3.8, 4) is 0 Å². The van der Waals surface area contributed by atoms with E-state index in [0.717, 1.165) is 11.3 Å². The van der Waals surface area contributed by atoms with E-state index in [1.165, 1.54) is 0 Å². The summed E-state index contributed by atoms with van der Waals surface area (Å²) < 4.78 is 4.84. The second kappa shape index (κ2) is 6.30. The van der Waals surface area contributed by atoms with Crippen molar-refractivity contribution < 1.29 is 9.53 Å². The van der Waals surface area contributed by atoms with Crippen molar-refractivity contribution in [3.05, 3.63) is 29.8 Å². The normalized spacial score (nSPS) is 9.73. The highest BCUT2D eigenvalue weighted by Crippen LogP contribution is 2.13. The predicted molar refractivity (Wildman–Crippen MR) is 60.9 cm³/mol. The minimum absolute atomic E-state index is 0.165. The lowest BCUT2D eigenvalue weighted by Crippen LogP contribution is -2.05. The SMILES string of the molecule is CCOC(=O)CCc1cccc(NCl)c1. The zero-order valence-electron chi connectivity index (χ0n) is 8.63. The van der Waals surface area contributed by atoms with Crippen LogP contribution in [0.4, 0.5) is 5.69 Å². The van der Waals surface area contributed by atoms with Gasteiger partial charge in [-0.25, -0.2) is 0 Å². The molecule has 0 amide bonds. The minimum Gasteiger partial charge on any atom is -0.466 e. The van der Waals surface area contributed by atoms with Gasteiger partial charge in [0.15, 0.2) is 0 Å². The lowest BCUT2D eigenvalue weighted by Gasteiger charge is -2.03. The maximum absolute atomic E-state index is 11.1. The van der Waals surface area contributed by atoms with Crippen molar-refractivity contribution in [2.75, 3.05) is 11.4 Å². The van der Waals surface area contributed by atoms with E-state index in [4.69, 9.17) is 16.5 Å². The van der Waals surface area contributed by atoms with Gasteiger partial charge in [-0.1, -0.05) is 12.1 Å². The second-order valence-corrected chi connectivity index (χ2v) is 3.29. The van der Waals surface area contributed by atoms with Gasteiger partial charge in [0.2, 0.25) is 0 Å². The summed E-state index contributed by atoms with van der Waals surface area (Å²) in [4.78, 5) is 13.6. The predicted octanol–water partition coefficient (Wildman–Crippen LogP) is 2.75. The maximum Gasteiger partial charge on any atom is 0.306 e. The highest BCUT2D eigenvalue weighted by atomic mass is 35.5. The van der Waals surface area contributed by atoms with Gasteiger partial charge in [0.05, 0.1) is 6.61 Å². The standard InChI is InChI=1S/C11H14ClNO2/c1-2-15-11(14)7-6-9-4-3-5-10(8-9)13-12/h3-5,8,13H,2,6-7H2,1H3. The molecule has 0 aromatic heterocycles. The molecule has 1 aromatic carbocycles. The number of anilines is 1. The number of benzene rings is 1. The molecule has 82 valence electrons. The van der Waals surface area contributed by atoms with Crippen LogP contribution in [0.5, 0.6) is 0 Å². The lowest BCUT2D eigenvalue weighted by molar-refractivity contribution is -0.143. The Morgan fingerprint density at radius 3 is 3.00 bits per heavy atom. The number of nitrogens with one attached hydrogen (secondary N) is 1. The van der Waals surface area contributed by atoms with Crippen molar-refractivity contribution in [2.24, 2.45) is 0 Å². The first-order valence-corrected chi connectivity index (χ1v) is 5.25. The van der Waals surface area contributed by atoms with E-state index in [-0.39, 0.29) is 5.97 Å². The van der Waals surface area contributed by atoms with Crippen molar-refractivity contribution >= 4 is 23.4 Å². The Labute approximate surface area is 94.5 Å². The number of carbonyl (C=O) groups is 1. The summed E-state index contributed by atoms with van der Waals surface area (Å²) in [6, 6.07) is 7.62. The highest BCUT2D eigenvalue weighted by molar-refractivity contribution is 6.23.